The Kier molecular flexibility index (Phi) is 6.24. The Morgan fingerprint density at radius 1 is 0.909 bits per heavy atom. The molecule has 6 heteroatoms. The molecule has 0 radical (unpaired) electrons. The summed E-state index contributed by atoms with van der Waals surface area (Å²) in [5.74, 6) is 1.51. The van der Waals surface area contributed by atoms with E-state index in [1.807, 2.05) is 66.7 Å². The molecule has 0 aliphatic carbocycles. The third-order valence-electron chi connectivity index (χ3n) is 5.37. The molecule has 0 fully saturated rings. The fraction of sp³-hybridized carbons (Fsp3) is 0.0741. The lowest BCUT2D eigenvalue weighted by Gasteiger charge is -2.12. The molecular weight excluding hydrogens is 448 g/mol. The molecule has 0 N–H and O–H groups in total. The highest BCUT2D eigenvalue weighted by atomic mass is 35.5. The molecule has 0 bridgehead atoms. The molecule has 0 saturated carbocycles. The van der Waals surface area contributed by atoms with Crippen molar-refractivity contribution in [2.75, 3.05) is 0 Å². The quantitative estimate of drug-likeness (QED) is 0.186. The fourth-order valence-electron chi connectivity index (χ4n) is 3.76. The molecule has 5 aromatic rings. The van der Waals surface area contributed by atoms with Gasteiger partial charge in [0.2, 0.25) is 0 Å². The summed E-state index contributed by atoms with van der Waals surface area (Å²) >= 11 is 7.97. The number of para-hydroxylation sites is 1. The first kappa shape index (κ1) is 21.4. The van der Waals surface area contributed by atoms with E-state index in [1.165, 1.54) is 0 Å². The summed E-state index contributed by atoms with van der Waals surface area (Å²) in [5, 5.41) is 11.8. The van der Waals surface area contributed by atoms with Crippen molar-refractivity contribution in [1.82, 2.24) is 19.7 Å². The number of hydrogen-bond acceptors (Lipinski definition) is 4. The van der Waals surface area contributed by atoms with E-state index in [0.717, 1.165) is 49.3 Å². The third kappa shape index (κ3) is 4.42. The first-order valence-corrected chi connectivity index (χ1v) is 12.0. The van der Waals surface area contributed by atoms with Gasteiger partial charge in [0.1, 0.15) is 0 Å². The molecule has 0 amide bonds. The predicted octanol–water partition coefficient (Wildman–Crippen LogP) is 7.29. The zero-order valence-corrected chi connectivity index (χ0v) is 19.4. The maximum Gasteiger partial charge on any atom is 0.192 e. The second-order valence-corrected chi connectivity index (χ2v) is 8.87. The Bertz CT molecular complexity index is 1430. The normalized spacial score (nSPS) is 11.1. The standard InChI is InChI=1S/C27H21ClN4S/c1-2-16-32-26(30-31-27(32)33-18-20-12-6-8-14-23(20)28)22-17-25(19-10-4-3-5-11-19)29-24-15-9-7-13-21(22)24/h2-15,17H,1,16,18H2. The fourth-order valence-corrected chi connectivity index (χ4v) is 5.00. The lowest BCUT2D eigenvalue weighted by molar-refractivity contribution is 0.731. The molecule has 4 nitrogen and oxygen atoms in total. The molecule has 33 heavy (non-hydrogen) atoms. The van der Waals surface area contributed by atoms with E-state index < -0.39 is 0 Å². The SMILES string of the molecule is C=CCn1c(SCc2ccccc2Cl)nnc1-c1cc(-c2ccccc2)nc2ccccc12. The van der Waals surface area contributed by atoms with E-state index in [1.54, 1.807) is 11.8 Å². The average molecular weight is 469 g/mol. The minimum Gasteiger partial charge on any atom is -0.298 e. The number of nitrogens with zero attached hydrogens (tertiary/aromatic N) is 4. The number of aromatic nitrogens is 4. The van der Waals surface area contributed by atoms with Gasteiger partial charge in [-0.3, -0.25) is 4.57 Å². The molecular formula is C27H21ClN4S. The van der Waals surface area contributed by atoms with Crippen molar-refractivity contribution in [2.45, 2.75) is 17.5 Å². The van der Waals surface area contributed by atoms with Crippen LogP contribution in [0.2, 0.25) is 5.02 Å². The lowest BCUT2D eigenvalue weighted by Crippen LogP contribution is -2.02. The molecule has 0 saturated heterocycles. The Balaban J connectivity index is 1.61. The summed E-state index contributed by atoms with van der Waals surface area (Å²) in [6.45, 7) is 4.55. The molecule has 2 aromatic heterocycles. The van der Waals surface area contributed by atoms with Crippen molar-refractivity contribution >= 4 is 34.3 Å². The van der Waals surface area contributed by atoms with Crippen LogP contribution in [0.15, 0.2) is 103 Å². The zero-order valence-electron chi connectivity index (χ0n) is 17.9. The van der Waals surface area contributed by atoms with Crippen LogP contribution < -0.4 is 0 Å². The van der Waals surface area contributed by atoms with Gasteiger partial charge in [0.25, 0.3) is 0 Å². The van der Waals surface area contributed by atoms with E-state index in [9.17, 15) is 0 Å². The van der Waals surface area contributed by atoms with Gasteiger partial charge in [-0.1, -0.05) is 96.2 Å². The predicted molar refractivity (Wildman–Crippen MR) is 137 cm³/mol. The molecule has 0 atom stereocenters. The van der Waals surface area contributed by atoms with Crippen LogP contribution in [0.1, 0.15) is 5.56 Å². The van der Waals surface area contributed by atoms with E-state index in [0.29, 0.717) is 12.3 Å². The molecule has 2 heterocycles. The average Bonchev–Trinajstić information content (AvgIpc) is 3.26. The first-order valence-electron chi connectivity index (χ1n) is 10.6. The molecule has 162 valence electrons. The summed E-state index contributed by atoms with van der Waals surface area (Å²) in [4.78, 5) is 4.90. The van der Waals surface area contributed by atoms with Crippen molar-refractivity contribution in [3.63, 3.8) is 0 Å². The van der Waals surface area contributed by atoms with Crippen LogP contribution in [0.5, 0.6) is 0 Å². The second kappa shape index (κ2) is 9.61. The number of pyridine rings is 1. The van der Waals surface area contributed by atoms with Gasteiger partial charge in [0, 0.05) is 33.8 Å². The number of allylic oxidation sites excluding steroid dienone is 1. The number of hydrogen-bond donors (Lipinski definition) is 0. The number of halogens is 1. The number of thioether (sulfide) groups is 1. The van der Waals surface area contributed by atoms with Gasteiger partial charge in [-0.05, 0) is 23.8 Å². The van der Waals surface area contributed by atoms with Crippen LogP contribution in [0.3, 0.4) is 0 Å². The summed E-state index contributed by atoms with van der Waals surface area (Å²) in [5.41, 5.74) is 4.96. The van der Waals surface area contributed by atoms with Crippen LogP contribution in [-0.2, 0) is 12.3 Å². The van der Waals surface area contributed by atoms with Gasteiger partial charge >= 0.3 is 0 Å². The van der Waals surface area contributed by atoms with Crippen molar-refractivity contribution in [3.05, 3.63) is 108 Å². The molecule has 0 spiro atoms. The Morgan fingerprint density at radius 3 is 2.48 bits per heavy atom. The van der Waals surface area contributed by atoms with Crippen molar-refractivity contribution in [1.29, 1.82) is 0 Å². The first-order chi connectivity index (χ1) is 16.2. The third-order valence-corrected chi connectivity index (χ3v) is 6.75. The van der Waals surface area contributed by atoms with E-state index >= 15 is 0 Å². The van der Waals surface area contributed by atoms with Crippen LogP contribution >= 0.6 is 23.4 Å². The van der Waals surface area contributed by atoms with Gasteiger partial charge in [-0.15, -0.1) is 16.8 Å². The Hall–Kier alpha value is -3.41. The highest BCUT2D eigenvalue weighted by Gasteiger charge is 2.18. The van der Waals surface area contributed by atoms with Crippen molar-refractivity contribution < 1.29 is 0 Å². The molecule has 3 aromatic carbocycles. The topological polar surface area (TPSA) is 43.6 Å². The summed E-state index contributed by atoms with van der Waals surface area (Å²) in [6, 6.07) is 28.3. The van der Waals surface area contributed by atoms with Gasteiger partial charge in [-0.2, -0.15) is 0 Å². The Morgan fingerprint density at radius 2 is 1.67 bits per heavy atom. The van der Waals surface area contributed by atoms with Gasteiger partial charge in [-0.25, -0.2) is 4.98 Å². The number of fused-ring (bicyclic) bond motifs is 1. The minimum atomic E-state index is 0.602. The summed E-state index contributed by atoms with van der Waals surface area (Å²) in [7, 11) is 0. The monoisotopic (exact) mass is 468 g/mol. The molecule has 0 aliphatic rings. The Labute approximate surface area is 202 Å². The molecule has 0 unspecified atom stereocenters. The maximum atomic E-state index is 6.35. The van der Waals surface area contributed by atoms with Gasteiger partial charge in [0.15, 0.2) is 11.0 Å². The van der Waals surface area contributed by atoms with Crippen LogP contribution in [0, 0.1) is 0 Å². The maximum absolute atomic E-state index is 6.35. The summed E-state index contributed by atoms with van der Waals surface area (Å²) in [6.07, 6.45) is 1.87. The van der Waals surface area contributed by atoms with Crippen molar-refractivity contribution in [3.8, 4) is 22.6 Å². The van der Waals surface area contributed by atoms with Gasteiger partial charge < -0.3 is 0 Å². The van der Waals surface area contributed by atoms with Crippen LogP contribution in [0.25, 0.3) is 33.5 Å². The highest BCUT2D eigenvalue weighted by molar-refractivity contribution is 7.98. The number of rotatable bonds is 7. The van der Waals surface area contributed by atoms with E-state index in [4.69, 9.17) is 16.6 Å². The number of benzene rings is 3. The zero-order chi connectivity index (χ0) is 22.6. The second-order valence-electron chi connectivity index (χ2n) is 7.52. The van der Waals surface area contributed by atoms with Crippen molar-refractivity contribution in [2.24, 2.45) is 0 Å². The largest absolute Gasteiger partial charge is 0.298 e. The van der Waals surface area contributed by atoms with E-state index in [2.05, 4.69) is 45.6 Å². The van der Waals surface area contributed by atoms with Crippen LogP contribution in [0.4, 0.5) is 0 Å². The molecule has 0 aliphatic heterocycles. The summed E-state index contributed by atoms with van der Waals surface area (Å²) < 4.78 is 2.10. The van der Waals surface area contributed by atoms with Crippen LogP contribution in [-0.4, -0.2) is 19.7 Å². The molecule has 5 rings (SSSR count). The minimum absolute atomic E-state index is 0.602. The smallest absolute Gasteiger partial charge is 0.192 e. The van der Waals surface area contributed by atoms with Gasteiger partial charge in [0.05, 0.1) is 11.2 Å². The highest BCUT2D eigenvalue weighted by Crippen LogP contribution is 2.34. The van der Waals surface area contributed by atoms with E-state index in [-0.39, 0.29) is 0 Å². The lowest BCUT2D eigenvalue weighted by atomic mass is 10.0.